The van der Waals surface area contributed by atoms with E-state index in [1.165, 1.54) is 0 Å². The van der Waals surface area contributed by atoms with Crippen molar-refractivity contribution in [2.45, 2.75) is 46.0 Å². The van der Waals surface area contributed by atoms with Crippen molar-refractivity contribution in [2.24, 2.45) is 11.8 Å². The highest BCUT2D eigenvalue weighted by Crippen LogP contribution is 2.35. The van der Waals surface area contributed by atoms with E-state index in [4.69, 9.17) is 4.98 Å². The van der Waals surface area contributed by atoms with E-state index in [9.17, 15) is 0 Å². The summed E-state index contributed by atoms with van der Waals surface area (Å²) in [6.07, 6.45) is 3.61. The summed E-state index contributed by atoms with van der Waals surface area (Å²) in [4.78, 5) is 23.1. The van der Waals surface area contributed by atoms with E-state index < -0.39 is 0 Å². The Morgan fingerprint density at radius 1 is 0.926 bits per heavy atom. The van der Waals surface area contributed by atoms with Gasteiger partial charge in [0.15, 0.2) is 0 Å². The molecule has 2 aliphatic heterocycles. The maximum Gasteiger partial charge on any atom is 0.133 e. The molecule has 2 aliphatic rings. The van der Waals surface area contributed by atoms with Crippen LogP contribution in [0.4, 0.5) is 11.6 Å². The summed E-state index contributed by atoms with van der Waals surface area (Å²) in [5.74, 6) is 4.76. The Kier molecular flexibility index (Phi) is 4.52. The van der Waals surface area contributed by atoms with Crippen LogP contribution in [0.15, 0.2) is 24.7 Å². The fourth-order valence-electron chi connectivity index (χ4n) is 4.12. The van der Waals surface area contributed by atoms with Gasteiger partial charge in [0, 0.05) is 61.6 Å². The zero-order valence-electron chi connectivity index (χ0n) is 17.1. The molecule has 0 bridgehead atoms. The van der Waals surface area contributed by atoms with E-state index in [2.05, 4.69) is 65.4 Å². The molecule has 0 aromatic carbocycles. The Balaban J connectivity index is 1.45. The number of fused-ring (bicyclic) bond motifs is 1. The molecule has 0 spiro atoms. The first kappa shape index (κ1) is 18.1. The molecule has 0 aliphatic carbocycles. The van der Waals surface area contributed by atoms with Gasteiger partial charge in [-0.25, -0.2) is 19.9 Å². The summed E-state index contributed by atoms with van der Waals surface area (Å²) in [6, 6.07) is 4.21. The van der Waals surface area contributed by atoms with Gasteiger partial charge in [0.05, 0.1) is 5.69 Å². The summed E-state index contributed by atoms with van der Waals surface area (Å²) in [6.45, 7) is 15.1. The predicted molar refractivity (Wildman–Crippen MR) is 108 cm³/mol. The average molecular weight is 367 g/mol. The zero-order chi connectivity index (χ0) is 19.2. The topological polar surface area (TPSA) is 58.0 Å². The molecule has 27 heavy (non-hydrogen) atoms. The largest absolute Gasteiger partial charge is 0.356 e. The number of hydrogen-bond acceptors (Lipinski definition) is 6. The Bertz CT molecular complexity index is 798. The highest BCUT2D eigenvalue weighted by Gasteiger charge is 2.41. The van der Waals surface area contributed by atoms with E-state index in [1.54, 1.807) is 6.33 Å². The molecule has 4 heterocycles. The van der Waals surface area contributed by atoms with Gasteiger partial charge < -0.3 is 9.80 Å². The third-order valence-corrected chi connectivity index (χ3v) is 5.73. The van der Waals surface area contributed by atoms with E-state index in [1.807, 2.05) is 12.3 Å². The van der Waals surface area contributed by atoms with Gasteiger partial charge in [-0.1, -0.05) is 34.6 Å². The van der Waals surface area contributed by atoms with E-state index in [-0.39, 0.29) is 5.41 Å². The fourth-order valence-corrected chi connectivity index (χ4v) is 4.12. The lowest BCUT2D eigenvalue weighted by molar-refractivity contribution is 0.533. The third-order valence-electron chi connectivity index (χ3n) is 5.73. The van der Waals surface area contributed by atoms with E-state index >= 15 is 0 Å². The quantitative estimate of drug-likeness (QED) is 0.831. The van der Waals surface area contributed by atoms with Gasteiger partial charge in [-0.2, -0.15) is 0 Å². The second-order valence-corrected chi connectivity index (χ2v) is 9.27. The van der Waals surface area contributed by atoms with Crippen molar-refractivity contribution in [1.29, 1.82) is 0 Å². The fraction of sp³-hybridized carbons (Fsp3) is 0.619. The SMILES string of the molecule is CC(C)c1nccc(N2CC3CN(c4cc(C(C)(C)C)ncn4)CC3C2)n1. The molecule has 2 atom stereocenters. The summed E-state index contributed by atoms with van der Waals surface area (Å²) in [5.41, 5.74) is 1.15. The lowest BCUT2D eigenvalue weighted by atomic mass is 9.92. The molecule has 0 amide bonds. The molecule has 2 unspecified atom stereocenters. The highest BCUT2D eigenvalue weighted by atomic mass is 15.3. The van der Waals surface area contributed by atoms with Gasteiger partial charge in [-0.05, 0) is 6.07 Å². The summed E-state index contributed by atoms with van der Waals surface area (Å²) < 4.78 is 0. The molecule has 2 aromatic heterocycles. The molecule has 2 saturated heterocycles. The molecule has 2 aromatic rings. The minimum absolute atomic E-state index is 0.0468. The van der Waals surface area contributed by atoms with Crippen LogP contribution in [0.25, 0.3) is 0 Å². The Hall–Kier alpha value is -2.24. The molecule has 0 saturated carbocycles. The number of aromatic nitrogens is 4. The zero-order valence-corrected chi connectivity index (χ0v) is 17.1. The second-order valence-electron chi connectivity index (χ2n) is 9.27. The van der Waals surface area contributed by atoms with Gasteiger partial charge in [0.1, 0.15) is 23.8 Å². The van der Waals surface area contributed by atoms with Crippen molar-refractivity contribution >= 4 is 11.6 Å². The van der Waals surface area contributed by atoms with Crippen LogP contribution in [0.2, 0.25) is 0 Å². The molecule has 4 rings (SSSR count). The molecular weight excluding hydrogens is 336 g/mol. The van der Waals surface area contributed by atoms with Crippen LogP contribution < -0.4 is 9.80 Å². The first-order valence-electron chi connectivity index (χ1n) is 9.96. The first-order chi connectivity index (χ1) is 12.8. The van der Waals surface area contributed by atoms with Crippen molar-refractivity contribution < 1.29 is 0 Å². The third kappa shape index (κ3) is 3.62. The predicted octanol–water partition coefficient (Wildman–Crippen LogP) is 3.26. The van der Waals surface area contributed by atoms with Crippen molar-refractivity contribution in [3.8, 4) is 0 Å². The molecule has 2 fully saturated rings. The number of nitrogens with zero attached hydrogens (tertiary/aromatic N) is 6. The molecule has 6 nitrogen and oxygen atoms in total. The van der Waals surface area contributed by atoms with Crippen LogP contribution in [0.5, 0.6) is 0 Å². The Morgan fingerprint density at radius 2 is 1.56 bits per heavy atom. The minimum atomic E-state index is 0.0468. The summed E-state index contributed by atoms with van der Waals surface area (Å²) in [5, 5.41) is 0. The monoisotopic (exact) mass is 366 g/mol. The van der Waals surface area contributed by atoms with Crippen molar-refractivity contribution in [2.75, 3.05) is 36.0 Å². The number of rotatable bonds is 3. The summed E-state index contributed by atoms with van der Waals surface area (Å²) in [7, 11) is 0. The van der Waals surface area contributed by atoms with Crippen LogP contribution >= 0.6 is 0 Å². The van der Waals surface area contributed by atoms with Crippen LogP contribution in [-0.4, -0.2) is 46.1 Å². The van der Waals surface area contributed by atoms with Gasteiger partial charge in [0.25, 0.3) is 0 Å². The van der Waals surface area contributed by atoms with E-state index in [0.717, 1.165) is 49.3 Å². The standard InChI is InChI=1S/C21H30N6/c1-14(2)20-22-7-6-18(25-20)26-9-15-11-27(12-16(15)10-26)19-8-17(21(3,4)5)23-13-24-19/h6-8,13-16H,9-12H2,1-5H3. The van der Waals surface area contributed by atoms with Gasteiger partial charge >= 0.3 is 0 Å². The summed E-state index contributed by atoms with van der Waals surface area (Å²) >= 11 is 0. The normalized spacial score (nSPS) is 22.6. The van der Waals surface area contributed by atoms with Crippen LogP contribution in [0, 0.1) is 11.8 Å². The lowest BCUT2D eigenvalue weighted by Crippen LogP contribution is -2.30. The molecular formula is C21H30N6. The number of hydrogen-bond donors (Lipinski definition) is 0. The van der Waals surface area contributed by atoms with Gasteiger partial charge in [0.2, 0.25) is 0 Å². The van der Waals surface area contributed by atoms with Crippen LogP contribution in [-0.2, 0) is 5.41 Å². The van der Waals surface area contributed by atoms with Crippen molar-refractivity contribution in [1.82, 2.24) is 19.9 Å². The highest BCUT2D eigenvalue weighted by molar-refractivity contribution is 5.45. The van der Waals surface area contributed by atoms with Gasteiger partial charge in [-0.3, -0.25) is 0 Å². The van der Waals surface area contributed by atoms with Crippen LogP contribution in [0.3, 0.4) is 0 Å². The van der Waals surface area contributed by atoms with Crippen molar-refractivity contribution in [3.63, 3.8) is 0 Å². The smallest absolute Gasteiger partial charge is 0.133 e. The maximum absolute atomic E-state index is 4.78. The van der Waals surface area contributed by atoms with Crippen molar-refractivity contribution in [3.05, 3.63) is 36.2 Å². The molecule has 0 N–H and O–H groups in total. The van der Waals surface area contributed by atoms with E-state index in [0.29, 0.717) is 17.8 Å². The Morgan fingerprint density at radius 3 is 2.15 bits per heavy atom. The lowest BCUT2D eigenvalue weighted by Gasteiger charge is -2.25. The molecule has 6 heteroatoms. The first-order valence-corrected chi connectivity index (χ1v) is 9.96. The molecule has 144 valence electrons. The van der Waals surface area contributed by atoms with Crippen LogP contribution in [0.1, 0.15) is 52.1 Å². The maximum atomic E-state index is 4.78. The van der Waals surface area contributed by atoms with Gasteiger partial charge in [-0.15, -0.1) is 0 Å². The number of anilines is 2. The average Bonchev–Trinajstić information content (AvgIpc) is 3.20. The molecule has 0 radical (unpaired) electrons. The Labute approximate surface area is 162 Å². The second kappa shape index (κ2) is 6.73. The minimum Gasteiger partial charge on any atom is -0.356 e.